The van der Waals surface area contributed by atoms with Gasteiger partial charge in [0.1, 0.15) is 0 Å². The van der Waals surface area contributed by atoms with Gasteiger partial charge in [0, 0.05) is 0 Å². The Bertz CT molecular complexity index is 684. The predicted octanol–water partition coefficient (Wildman–Crippen LogP) is -0.898. The first kappa shape index (κ1) is 20.5. The van der Waals surface area contributed by atoms with Crippen LogP contribution in [0.5, 0.6) is 0 Å². The van der Waals surface area contributed by atoms with Gasteiger partial charge in [-0.1, -0.05) is 49.7 Å². The van der Waals surface area contributed by atoms with Crippen LogP contribution in [0.4, 0.5) is 0 Å². The fourth-order valence-corrected chi connectivity index (χ4v) is 2.56. The molecule has 0 atom stereocenters. The number of hydrogen-bond donors (Lipinski definition) is 0. The molecular weight excluding hydrogens is 378 g/mol. The number of benzene rings is 2. The number of rotatable bonds is 2. The van der Waals surface area contributed by atoms with Crippen molar-refractivity contribution in [3.05, 3.63) is 65.7 Å². The van der Waals surface area contributed by atoms with Crippen molar-refractivity contribution in [2.45, 2.75) is 20.3 Å². The molecule has 3 rings (SSSR count). The molecule has 0 amide bonds. The Balaban J connectivity index is 0.00000133. The molecule has 3 aromatic carbocycles. The van der Waals surface area contributed by atoms with Gasteiger partial charge in [0.15, 0.2) is 0 Å². The third kappa shape index (κ3) is 4.25. The molecule has 3 heteroatoms. The minimum absolute atomic E-state index is 0. The van der Waals surface area contributed by atoms with Gasteiger partial charge in [0.05, 0.1) is 0 Å². The second-order valence-electron chi connectivity index (χ2n) is 4.89. The molecule has 0 aliphatic carbocycles. The normalized spacial score (nSPS) is 9.43. The Morgan fingerprint density at radius 2 is 1.62 bits per heavy atom. The fraction of sp³-hybridized carbons (Fsp3) is 0.167. The fourth-order valence-electron chi connectivity index (χ4n) is 2.56. The second kappa shape index (κ2) is 8.83. The molecule has 0 nitrogen and oxygen atoms in total. The first-order valence-corrected chi connectivity index (χ1v) is 6.53. The van der Waals surface area contributed by atoms with E-state index in [1.807, 2.05) is 0 Å². The van der Waals surface area contributed by atoms with Gasteiger partial charge in [-0.2, -0.15) is 6.07 Å². The summed E-state index contributed by atoms with van der Waals surface area (Å²) in [6.45, 7) is 4.35. The minimum Gasteiger partial charge on any atom is -1.00 e. The number of halogens is 2. The standard InChI is InChI=1S/C18H17.2ClH.Zr/c1-3-14-7-9-15(10-8-14)17-6-4-5-16-11-13(2)12-18(16)17;;;/h4-12H,3H2,1-2H3;2*1H;/q-1;;;+3/p-2. The van der Waals surface area contributed by atoms with Gasteiger partial charge in [-0.05, 0) is 17.5 Å². The molecule has 0 aromatic heterocycles. The van der Waals surface area contributed by atoms with E-state index in [1.54, 1.807) is 0 Å². The summed E-state index contributed by atoms with van der Waals surface area (Å²) < 4.78 is 0. The summed E-state index contributed by atoms with van der Waals surface area (Å²) in [5, 5.41) is 2.70. The van der Waals surface area contributed by atoms with E-state index < -0.39 is 0 Å². The van der Waals surface area contributed by atoms with Gasteiger partial charge >= 0.3 is 26.2 Å². The maximum Gasteiger partial charge on any atom is 3.00 e. The van der Waals surface area contributed by atoms with Gasteiger partial charge < -0.3 is 24.8 Å². The number of fused-ring (bicyclic) bond motifs is 1. The topological polar surface area (TPSA) is 0 Å². The third-order valence-electron chi connectivity index (χ3n) is 3.57. The van der Waals surface area contributed by atoms with Crippen LogP contribution in [-0.4, -0.2) is 0 Å². The molecule has 1 radical (unpaired) electrons. The Morgan fingerprint density at radius 1 is 0.952 bits per heavy atom. The number of aryl methyl sites for hydroxylation is 2. The van der Waals surface area contributed by atoms with Gasteiger partial charge in [0.2, 0.25) is 0 Å². The quantitative estimate of drug-likeness (QED) is 0.494. The first-order valence-electron chi connectivity index (χ1n) is 6.53. The van der Waals surface area contributed by atoms with E-state index in [0.29, 0.717) is 0 Å². The summed E-state index contributed by atoms with van der Waals surface area (Å²) in [7, 11) is 0. The molecule has 0 saturated carbocycles. The zero-order valence-corrected chi connectivity index (χ0v) is 16.1. The number of hydrogen-bond acceptors (Lipinski definition) is 0. The molecule has 0 bridgehead atoms. The van der Waals surface area contributed by atoms with E-state index in [0.717, 1.165) is 6.42 Å². The van der Waals surface area contributed by atoms with Crippen molar-refractivity contribution in [2.75, 3.05) is 0 Å². The van der Waals surface area contributed by atoms with Gasteiger partial charge in [0.25, 0.3) is 0 Å². The Hall–Kier alpha value is -0.487. The molecule has 0 heterocycles. The van der Waals surface area contributed by atoms with Crippen LogP contribution in [0.2, 0.25) is 0 Å². The van der Waals surface area contributed by atoms with Crippen LogP contribution in [0.3, 0.4) is 0 Å². The smallest absolute Gasteiger partial charge is 1.00 e. The molecule has 0 spiro atoms. The van der Waals surface area contributed by atoms with Crippen LogP contribution < -0.4 is 24.8 Å². The average Bonchev–Trinajstić information content (AvgIpc) is 2.79. The summed E-state index contributed by atoms with van der Waals surface area (Å²) in [4.78, 5) is 0. The summed E-state index contributed by atoms with van der Waals surface area (Å²) in [5.74, 6) is 0. The molecule has 0 unspecified atom stereocenters. The Labute approximate surface area is 158 Å². The second-order valence-corrected chi connectivity index (χ2v) is 4.89. The maximum atomic E-state index is 2.28. The van der Waals surface area contributed by atoms with Gasteiger partial charge in [-0.25, -0.2) is 0 Å². The average molecular weight is 395 g/mol. The summed E-state index contributed by atoms with van der Waals surface area (Å²) in [6.07, 6.45) is 1.10. The van der Waals surface area contributed by atoms with Crippen molar-refractivity contribution < 1.29 is 51.0 Å². The monoisotopic (exact) mass is 393 g/mol. The van der Waals surface area contributed by atoms with Crippen LogP contribution in [0.25, 0.3) is 21.9 Å². The van der Waals surface area contributed by atoms with Crippen LogP contribution in [0.15, 0.2) is 54.6 Å². The van der Waals surface area contributed by atoms with E-state index in [-0.39, 0.29) is 51.0 Å². The van der Waals surface area contributed by atoms with Crippen LogP contribution in [-0.2, 0) is 32.6 Å². The van der Waals surface area contributed by atoms with Gasteiger partial charge in [-0.3, -0.25) is 0 Å². The van der Waals surface area contributed by atoms with Crippen molar-refractivity contribution in [1.29, 1.82) is 0 Å². The molecule has 107 valence electrons. The molecule has 3 aromatic rings. The summed E-state index contributed by atoms with van der Waals surface area (Å²) in [5.41, 5.74) is 5.37. The maximum absolute atomic E-state index is 2.28. The van der Waals surface area contributed by atoms with E-state index in [2.05, 4.69) is 68.4 Å². The largest absolute Gasteiger partial charge is 3.00 e. The van der Waals surface area contributed by atoms with Crippen LogP contribution >= 0.6 is 0 Å². The first-order chi connectivity index (χ1) is 8.78. The molecule has 21 heavy (non-hydrogen) atoms. The minimum atomic E-state index is 0. The Morgan fingerprint density at radius 3 is 2.24 bits per heavy atom. The molecule has 0 fully saturated rings. The summed E-state index contributed by atoms with van der Waals surface area (Å²) >= 11 is 0. The van der Waals surface area contributed by atoms with Crippen molar-refractivity contribution in [3.8, 4) is 11.1 Å². The van der Waals surface area contributed by atoms with Gasteiger partial charge in [-0.15, -0.1) is 34.5 Å². The molecule has 0 aliphatic heterocycles. The zero-order chi connectivity index (χ0) is 12.5. The van der Waals surface area contributed by atoms with Crippen LogP contribution in [0, 0.1) is 6.92 Å². The Kier molecular flexibility index (Phi) is 8.63. The van der Waals surface area contributed by atoms with E-state index in [9.17, 15) is 0 Å². The molecular formula is C18H17Cl2Zr. The van der Waals surface area contributed by atoms with E-state index >= 15 is 0 Å². The van der Waals surface area contributed by atoms with Crippen LogP contribution in [0.1, 0.15) is 18.1 Å². The third-order valence-corrected chi connectivity index (χ3v) is 3.57. The predicted molar refractivity (Wildman–Crippen MR) is 79.1 cm³/mol. The van der Waals surface area contributed by atoms with E-state index in [1.165, 1.54) is 33.0 Å². The summed E-state index contributed by atoms with van der Waals surface area (Å²) in [6, 6.07) is 20.0. The molecule has 0 saturated heterocycles. The van der Waals surface area contributed by atoms with Crippen molar-refractivity contribution in [3.63, 3.8) is 0 Å². The molecule has 0 aliphatic rings. The van der Waals surface area contributed by atoms with Crippen molar-refractivity contribution >= 4 is 10.8 Å². The molecule has 0 N–H and O–H groups in total. The van der Waals surface area contributed by atoms with E-state index in [4.69, 9.17) is 0 Å². The van der Waals surface area contributed by atoms with Crippen molar-refractivity contribution in [1.82, 2.24) is 0 Å². The van der Waals surface area contributed by atoms with Crippen molar-refractivity contribution in [2.24, 2.45) is 0 Å². The zero-order valence-electron chi connectivity index (χ0n) is 12.2. The SMILES string of the molecule is CCc1ccc(-c2cccc3[cH-]c(C)cc23)cc1.[Cl-].[Cl-].[Zr+3].